The molecule has 6 nitrogen and oxygen atoms in total. The van der Waals surface area contributed by atoms with Crippen molar-refractivity contribution in [2.24, 2.45) is 0 Å². The van der Waals surface area contributed by atoms with Gasteiger partial charge in [0.2, 0.25) is 0 Å². The molecule has 0 unspecified atom stereocenters. The molecule has 1 aliphatic heterocycles. The fraction of sp³-hybridized carbons (Fsp3) is 0.296. The third-order valence-electron chi connectivity index (χ3n) is 6.64. The summed E-state index contributed by atoms with van der Waals surface area (Å²) in [6, 6.07) is 9.85. The zero-order valence-corrected chi connectivity index (χ0v) is 21.9. The average Bonchev–Trinajstić information content (AvgIpc) is 3.42. The number of hydrogen-bond acceptors (Lipinski definition) is 5. The van der Waals surface area contributed by atoms with Gasteiger partial charge in [-0.25, -0.2) is 0 Å². The Morgan fingerprint density at radius 2 is 1.77 bits per heavy atom. The molecule has 3 amide bonds. The van der Waals surface area contributed by atoms with Crippen LogP contribution in [0, 0.1) is 20.8 Å². The molecule has 1 aliphatic carbocycles. The molecule has 3 heterocycles. The van der Waals surface area contributed by atoms with E-state index in [4.69, 9.17) is 0 Å². The second kappa shape index (κ2) is 9.17. The number of thioether (sulfide) groups is 1. The summed E-state index contributed by atoms with van der Waals surface area (Å²) in [6.45, 7) is 6.03. The summed E-state index contributed by atoms with van der Waals surface area (Å²) >= 11 is 2.65. The summed E-state index contributed by atoms with van der Waals surface area (Å²) in [6.07, 6.45) is 5.88. The van der Waals surface area contributed by atoms with Gasteiger partial charge in [0.25, 0.3) is 17.1 Å². The lowest BCUT2D eigenvalue weighted by molar-refractivity contribution is -0.121. The van der Waals surface area contributed by atoms with Gasteiger partial charge in [-0.3, -0.25) is 19.3 Å². The number of amides is 3. The van der Waals surface area contributed by atoms with Crippen molar-refractivity contribution < 1.29 is 14.4 Å². The van der Waals surface area contributed by atoms with E-state index < -0.39 is 0 Å². The number of carbonyl (C=O) groups is 3. The Bertz CT molecular complexity index is 1400. The van der Waals surface area contributed by atoms with Gasteiger partial charge in [-0.2, -0.15) is 0 Å². The molecule has 1 aromatic carbocycles. The molecule has 3 aromatic rings. The minimum Gasteiger partial charge on any atom is -0.322 e. The highest BCUT2D eigenvalue weighted by atomic mass is 32.2. The minimum absolute atomic E-state index is 0.0931. The first-order chi connectivity index (χ1) is 16.7. The first-order valence-corrected chi connectivity index (χ1v) is 13.3. The molecule has 5 rings (SSSR count). The normalized spacial score (nSPS) is 16.8. The van der Waals surface area contributed by atoms with Crippen molar-refractivity contribution in [2.45, 2.75) is 46.5 Å². The first kappa shape index (κ1) is 23.6. The summed E-state index contributed by atoms with van der Waals surface area (Å²) in [4.78, 5) is 40.8. The minimum atomic E-state index is -0.283. The maximum Gasteiger partial charge on any atom is 0.293 e. The lowest BCUT2D eigenvalue weighted by Gasteiger charge is -2.14. The fourth-order valence-electron chi connectivity index (χ4n) is 4.71. The lowest BCUT2D eigenvalue weighted by Crippen LogP contribution is -2.22. The van der Waals surface area contributed by atoms with Crippen LogP contribution < -0.4 is 5.32 Å². The number of thiophene rings is 1. The number of benzene rings is 1. The van der Waals surface area contributed by atoms with Gasteiger partial charge >= 0.3 is 0 Å². The highest BCUT2D eigenvalue weighted by Crippen LogP contribution is 2.40. The largest absolute Gasteiger partial charge is 0.322 e. The van der Waals surface area contributed by atoms with Crippen molar-refractivity contribution in [1.29, 1.82) is 0 Å². The molecule has 0 spiro atoms. The average molecular weight is 506 g/mol. The number of rotatable bonds is 4. The van der Waals surface area contributed by atoms with Crippen molar-refractivity contribution in [3.8, 4) is 5.00 Å². The number of carbonyl (C=O) groups excluding carboxylic acids is 3. The Labute approximate surface area is 213 Å². The van der Waals surface area contributed by atoms with Gasteiger partial charge in [0.05, 0.1) is 10.5 Å². The molecule has 2 aliphatic rings. The van der Waals surface area contributed by atoms with Crippen LogP contribution in [-0.4, -0.2) is 33.6 Å². The summed E-state index contributed by atoms with van der Waals surface area (Å²) in [7, 11) is 1.50. The topological polar surface area (TPSA) is 71.4 Å². The number of hydrogen-bond donors (Lipinski definition) is 1. The maximum absolute atomic E-state index is 13.6. The summed E-state index contributed by atoms with van der Waals surface area (Å²) in [5, 5.41) is 3.75. The van der Waals surface area contributed by atoms with E-state index in [0.29, 0.717) is 4.91 Å². The smallest absolute Gasteiger partial charge is 0.293 e. The fourth-order valence-corrected chi connectivity index (χ4v) is 7.02. The van der Waals surface area contributed by atoms with E-state index >= 15 is 0 Å². The molecule has 0 saturated carbocycles. The van der Waals surface area contributed by atoms with Crippen LogP contribution in [0.15, 0.2) is 35.2 Å². The van der Waals surface area contributed by atoms with Crippen LogP contribution in [0.5, 0.6) is 0 Å². The summed E-state index contributed by atoms with van der Waals surface area (Å²) < 4.78 is 2.12. The third-order valence-corrected chi connectivity index (χ3v) is 8.87. The van der Waals surface area contributed by atoms with Crippen LogP contribution >= 0.6 is 23.1 Å². The number of nitrogens with one attached hydrogen (secondary N) is 1. The van der Waals surface area contributed by atoms with Crippen molar-refractivity contribution in [1.82, 2.24) is 9.47 Å². The van der Waals surface area contributed by atoms with Crippen LogP contribution in [0.25, 0.3) is 11.1 Å². The Morgan fingerprint density at radius 1 is 1.06 bits per heavy atom. The number of imide groups is 1. The van der Waals surface area contributed by atoms with Crippen molar-refractivity contribution >= 4 is 51.9 Å². The van der Waals surface area contributed by atoms with E-state index in [9.17, 15) is 14.4 Å². The maximum atomic E-state index is 13.6. The van der Waals surface area contributed by atoms with Crippen molar-refractivity contribution in [3.05, 3.63) is 73.8 Å². The van der Waals surface area contributed by atoms with E-state index in [2.05, 4.69) is 9.88 Å². The molecule has 35 heavy (non-hydrogen) atoms. The third kappa shape index (κ3) is 4.25. The second-order valence-electron chi connectivity index (χ2n) is 9.11. The molecule has 180 valence electrons. The van der Waals surface area contributed by atoms with Gasteiger partial charge in [-0.1, -0.05) is 17.7 Å². The Hall–Kier alpha value is -3.10. The molecule has 8 heteroatoms. The van der Waals surface area contributed by atoms with Gasteiger partial charge in [-0.05, 0) is 93.6 Å². The highest BCUT2D eigenvalue weighted by molar-refractivity contribution is 8.18. The second-order valence-corrected chi connectivity index (χ2v) is 11.2. The summed E-state index contributed by atoms with van der Waals surface area (Å²) in [5.41, 5.74) is 6.61. The van der Waals surface area contributed by atoms with Gasteiger partial charge in [0.1, 0.15) is 5.00 Å². The Kier molecular flexibility index (Phi) is 6.19. The number of nitrogens with zero attached hydrogens (tertiary/aromatic N) is 2. The SMILES string of the molecule is Cc1ccc(NC(=O)c2c(-n3c(C)cc(/C=C4/SC(=O)N(C)C4=O)c3C)sc3c2CCCC3)cc1. The van der Waals surface area contributed by atoms with E-state index in [1.54, 1.807) is 17.4 Å². The monoisotopic (exact) mass is 505 g/mol. The number of likely N-dealkylation sites (N-methyl/N-ethyl adjacent to an activating group) is 1. The molecule has 2 aromatic heterocycles. The van der Waals surface area contributed by atoms with Crippen LogP contribution in [0.4, 0.5) is 10.5 Å². The van der Waals surface area contributed by atoms with Crippen molar-refractivity contribution in [2.75, 3.05) is 12.4 Å². The zero-order chi connectivity index (χ0) is 24.9. The number of aryl methyl sites for hydroxylation is 3. The van der Waals surface area contributed by atoms with Gasteiger partial charge in [0, 0.05) is 29.0 Å². The Morgan fingerprint density at radius 3 is 2.46 bits per heavy atom. The van der Waals surface area contributed by atoms with E-state index in [-0.39, 0.29) is 17.1 Å². The highest BCUT2D eigenvalue weighted by Gasteiger charge is 2.33. The molecule has 0 radical (unpaired) electrons. The molecule has 1 N–H and O–H groups in total. The summed E-state index contributed by atoms with van der Waals surface area (Å²) in [5.74, 6) is -0.376. The van der Waals surface area contributed by atoms with Crippen LogP contribution in [0.3, 0.4) is 0 Å². The van der Waals surface area contributed by atoms with Crippen LogP contribution in [-0.2, 0) is 17.6 Å². The Balaban J connectivity index is 1.58. The van der Waals surface area contributed by atoms with Crippen LogP contribution in [0.2, 0.25) is 0 Å². The van der Waals surface area contributed by atoms with E-state index in [1.807, 2.05) is 51.1 Å². The van der Waals surface area contributed by atoms with E-state index in [0.717, 1.165) is 86.7 Å². The standard InChI is InChI=1S/C27H27N3O3S2/c1-15-9-11-19(12-10-15)28-24(31)23-20-7-5-6-8-21(20)34-26(23)30-16(2)13-18(17(30)3)14-22-25(32)29(4)27(33)35-22/h9-14H,5-8H2,1-4H3,(H,28,31)/b22-14+. The predicted molar refractivity (Wildman–Crippen MR) is 143 cm³/mol. The van der Waals surface area contributed by atoms with Crippen LogP contribution in [0.1, 0.15) is 56.2 Å². The molecule has 1 saturated heterocycles. The van der Waals surface area contributed by atoms with E-state index in [1.165, 1.54) is 11.9 Å². The molecule has 0 bridgehead atoms. The predicted octanol–water partition coefficient (Wildman–Crippen LogP) is 6.26. The number of fused-ring (bicyclic) bond motifs is 1. The quantitative estimate of drug-likeness (QED) is 0.425. The molecule has 1 fully saturated rings. The number of aromatic nitrogens is 1. The first-order valence-electron chi connectivity index (χ1n) is 11.7. The zero-order valence-electron chi connectivity index (χ0n) is 20.2. The van der Waals surface area contributed by atoms with Gasteiger partial charge < -0.3 is 9.88 Å². The van der Waals surface area contributed by atoms with Gasteiger partial charge in [0.15, 0.2) is 0 Å². The molecular formula is C27H27N3O3S2. The molecule has 0 atom stereocenters. The molecular weight excluding hydrogens is 478 g/mol. The van der Waals surface area contributed by atoms with Crippen molar-refractivity contribution in [3.63, 3.8) is 0 Å². The lowest BCUT2D eigenvalue weighted by atomic mass is 9.95. The number of anilines is 1. The van der Waals surface area contributed by atoms with Gasteiger partial charge in [-0.15, -0.1) is 11.3 Å².